The molecule has 4 rings (SSSR count). The summed E-state index contributed by atoms with van der Waals surface area (Å²) in [5, 5.41) is 6.49. The van der Waals surface area contributed by atoms with E-state index in [1.54, 1.807) is 34.1 Å². The number of rotatable bonds is 3. The second-order valence-electron chi connectivity index (χ2n) is 5.28. The highest BCUT2D eigenvalue weighted by atomic mass is 32.1. The minimum atomic E-state index is -0.485. The predicted octanol–water partition coefficient (Wildman–Crippen LogP) is 4.05. The number of hydrogen-bond acceptors (Lipinski definition) is 5. The zero-order chi connectivity index (χ0) is 17.4. The van der Waals surface area contributed by atoms with Crippen molar-refractivity contribution in [3.05, 3.63) is 65.3 Å². The molecule has 0 fully saturated rings. The largest absolute Gasteiger partial charge is 0.465 e. The van der Waals surface area contributed by atoms with Crippen molar-refractivity contribution >= 4 is 23.0 Å². The van der Waals surface area contributed by atoms with Crippen LogP contribution in [-0.2, 0) is 4.74 Å². The lowest BCUT2D eigenvalue weighted by Gasteiger charge is -2.05. The van der Waals surface area contributed by atoms with Gasteiger partial charge in [-0.25, -0.2) is 18.7 Å². The number of hydrogen-bond donors (Lipinski definition) is 0. The molecule has 0 radical (unpaired) electrons. The van der Waals surface area contributed by atoms with Gasteiger partial charge in [-0.05, 0) is 47.8 Å². The number of pyridine rings is 1. The molecular formula is C18H12FN3O2S. The predicted molar refractivity (Wildman–Crippen MR) is 93.0 cm³/mol. The third kappa shape index (κ3) is 2.68. The molecule has 0 atom stereocenters. The minimum Gasteiger partial charge on any atom is -0.465 e. The molecule has 0 aliphatic carbocycles. The smallest absolute Gasteiger partial charge is 0.341 e. The first-order valence-electron chi connectivity index (χ1n) is 7.45. The van der Waals surface area contributed by atoms with E-state index in [0.717, 1.165) is 10.6 Å². The van der Waals surface area contributed by atoms with Crippen LogP contribution in [0.3, 0.4) is 0 Å². The molecule has 0 bridgehead atoms. The van der Waals surface area contributed by atoms with Crippen LogP contribution in [0, 0.1) is 5.82 Å². The second-order valence-corrected chi connectivity index (χ2v) is 6.23. The molecule has 3 aromatic heterocycles. The quantitative estimate of drug-likeness (QED) is 0.522. The Morgan fingerprint density at radius 1 is 1.16 bits per heavy atom. The maximum atomic E-state index is 13.2. The topological polar surface area (TPSA) is 56.5 Å². The summed E-state index contributed by atoms with van der Waals surface area (Å²) < 4.78 is 19.6. The maximum absolute atomic E-state index is 13.2. The molecule has 25 heavy (non-hydrogen) atoms. The maximum Gasteiger partial charge on any atom is 0.341 e. The van der Waals surface area contributed by atoms with Gasteiger partial charge in [0.15, 0.2) is 11.5 Å². The lowest BCUT2D eigenvalue weighted by Crippen LogP contribution is -2.05. The Bertz CT molecular complexity index is 1060. The van der Waals surface area contributed by atoms with Crippen molar-refractivity contribution < 1.29 is 13.9 Å². The highest BCUT2D eigenvalue weighted by Gasteiger charge is 2.19. The van der Waals surface area contributed by atoms with E-state index in [2.05, 4.69) is 10.1 Å². The number of nitrogens with zero attached hydrogens (tertiary/aromatic N) is 3. The van der Waals surface area contributed by atoms with Gasteiger partial charge in [0.2, 0.25) is 0 Å². The van der Waals surface area contributed by atoms with E-state index in [4.69, 9.17) is 4.74 Å². The van der Waals surface area contributed by atoms with Crippen molar-refractivity contribution in [1.82, 2.24) is 14.6 Å². The summed E-state index contributed by atoms with van der Waals surface area (Å²) in [6, 6.07) is 13.3. The number of esters is 1. The molecule has 0 unspecified atom stereocenters. The third-order valence-electron chi connectivity index (χ3n) is 3.77. The molecule has 7 heteroatoms. The molecule has 0 spiro atoms. The van der Waals surface area contributed by atoms with Crippen molar-refractivity contribution in [2.45, 2.75) is 0 Å². The summed E-state index contributed by atoms with van der Waals surface area (Å²) in [7, 11) is 1.32. The molecule has 0 aliphatic rings. The normalized spacial score (nSPS) is 11.0. The number of carbonyl (C=O) groups excluding carboxylic acids is 1. The fourth-order valence-corrected chi connectivity index (χ4v) is 3.30. The van der Waals surface area contributed by atoms with Crippen LogP contribution in [0.5, 0.6) is 0 Å². The average molecular weight is 353 g/mol. The Hall–Kier alpha value is -3.06. The fraction of sp³-hybridized carbons (Fsp3) is 0.0556. The van der Waals surface area contributed by atoms with Crippen molar-refractivity contribution in [2.24, 2.45) is 0 Å². The first kappa shape index (κ1) is 15.5. The molecule has 124 valence electrons. The van der Waals surface area contributed by atoms with Gasteiger partial charge in [0, 0.05) is 5.56 Å². The third-order valence-corrected chi connectivity index (χ3v) is 4.66. The molecule has 0 saturated heterocycles. The molecule has 1 aromatic carbocycles. The van der Waals surface area contributed by atoms with E-state index in [9.17, 15) is 9.18 Å². The zero-order valence-corrected chi connectivity index (χ0v) is 14.0. The Morgan fingerprint density at radius 3 is 2.64 bits per heavy atom. The van der Waals surface area contributed by atoms with Crippen LogP contribution in [0.25, 0.3) is 27.6 Å². The number of fused-ring (bicyclic) bond motifs is 1. The number of benzene rings is 1. The van der Waals surface area contributed by atoms with E-state index in [0.29, 0.717) is 22.6 Å². The van der Waals surface area contributed by atoms with Gasteiger partial charge in [0.05, 0.1) is 17.7 Å². The molecule has 0 N–H and O–H groups in total. The Balaban J connectivity index is 1.97. The van der Waals surface area contributed by atoms with Gasteiger partial charge in [-0.3, -0.25) is 0 Å². The Labute approximate surface area is 146 Å². The number of aromatic nitrogens is 3. The minimum absolute atomic E-state index is 0.323. The molecular weight excluding hydrogens is 341 g/mol. The number of carbonyl (C=O) groups is 1. The summed E-state index contributed by atoms with van der Waals surface area (Å²) in [6.07, 6.45) is 0. The van der Waals surface area contributed by atoms with Gasteiger partial charge in [0.25, 0.3) is 0 Å². The number of halogens is 1. The zero-order valence-electron chi connectivity index (χ0n) is 13.1. The molecule has 0 aliphatic heterocycles. The van der Waals surface area contributed by atoms with Gasteiger partial charge >= 0.3 is 5.97 Å². The summed E-state index contributed by atoms with van der Waals surface area (Å²) in [5.74, 6) is -0.406. The first-order valence-corrected chi connectivity index (χ1v) is 8.33. The summed E-state index contributed by atoms with van der Waals surface area (Å²) in [6.45, 7) is 0. The highest BCUT2D eigenvalue weighted by molar-refractivity contribution is 7.13. The summed E-state index contributed by atoms with van der Waals surface area (Å²) >= 11 is 1.56. The van der Waals surface area contributed by atoms with Gasteiger partial charge in [-0.2, -0.15) is 0 Å². The summed E-state index contributed by atoms with van der Waals surface area (Å²) in [4.78, 5) is 17.5. The fourth-order valence-electron chi connectivity index (χ4n) is 2.56. The lowest BCUT2D eigenvalue weighted by molar-refractivity contribution is 0.0602. The second kappa shape index (κ2) is 6.10. The Kier molecular flexibility index (Phi) is 3.77. The van der Waals surface area contributed by atoms with Crippen LogP contribution < -0.4 is 0 Å². The molecule has 0 saturated carbocycles. The van der Waals surface area contributed by atoms with Crippen molar-refractivity contribution in [3.63, 3.8) is 0 Å². The molecule has 4 aromatic rings. The van der Waals surface area contributed by atoms with E-state index in [1.807, 2.05) is 23.6 Å². The van der Waals surface area contributed by atoms with Crippen LogP contribution in [0.4, 0.5) is 4.39 Å². The van der Waals surface area contributed by atoms with Crippen molar-refractivity contribution in [2.75, 3.05) is 7.11 Å². The van der Waals surface area contributed by atoms with Crippen LogP contribution in [0.2, 0.25) is 0 Å². The average Bonchev–Trinajstić information content (AvgIpc) is 3.30. The van der Waals surface area contributed by atoms with E-state index in [1.165, 1.54) is 19.2 Å². The van der Waals surface area contributed by atoms with Gasteiger partial charge < -0.3 is 4.74 Å². The number of methoxy groups -OCH3 is 1. The first-order chi connectivity index (χ1) is 12.2. The lowest BCUT2D eigenvalue weighted by atomic mass is 10.2. The molecule has 0 amide bonds. The standard InChI is InChI=1S/C18H12FN3O2S/c1-24-18(23)13-8-9-14(15-3-2-10-25-15)22-17(13)20-16(21-22)11-4-6-12(19)7-5-11/h2-10H,1H3. The monoisotopic (exact) mass is 353 g/mol. The van der Waals surface area contributed by atoms with Gasteiger partial charge in [0.1, 0.15) is 11.4 Å². The van der Waals surface area contributed by atoms with E-state index in [-0.39, 0.29) is 5.82 Å². The van der Waals surface area contributed by atoms with Crippen LogP contribution in [0.1, 0.15) is 10.4 Å². The van der Waals surface area contributed by atoms with Crippen LogP contribution >= 0.6 is 11.3 Å². The van der Waals surface area contributed by atoms with Crippen LogP contribution in [0.15, 0.2) is 53.9 Å². The highest BCUT2D eigenvalue weighted by Crippen LogP contribution is 2.28. The van der Waals surface area contributed by atoms with Gasteiger partial charge in [-0.15, -0.1) is 16.4 Å². The summed E-state index contributed by atoms with van der Waals surface area (Å²) in [5.41, 5.74) is 2.21. The molecule has 3 heterocycles. The van der Waals surface area contributed by atoms with E-state index >= 15 is 0 Å². The number of ether oxygens (including phenoxy) is 1. The molecule has 5 nitrogen and oxygen atoms in total. The number of thiophene rings is 1. The van der Waals surface area contributed by atoms with Crippen molar-refractivity contribution in [3.8, 4) is 22.0 Å². The van der Waals surface area contributed by atoms with Gasteiger partial charge in [-0.1, -0.05) is 6.07 Å². The SMILES string of the molecule is COC(=O)c1ccc(-c2cccs2)n2nc(-c3ccc(F)cc3)nc12. The Morgan fingerprint density at radius 2 is 1.96 bits per heavy atom. The van der Waals surface area contributed by atoms with Crippen LogP contribution in [-0.4, -0.2) is 27.7 Å². The van der Waals surface area contributed by atoms with E-state index < -0.39 is 5.97 Å². The van der Waals surface area contributed by atoms with Crippen molar-refractivity contribution in [1.29, 1.82) is 0 Å².